The van der Waals surface area contributed by atoms with E-state index in [9.17, 15) is 0 Å². The summed E-state index contributed by atoms with van der Waals surface area (Å²) < 4.78 is 0. The van der Waals surface area contributed by atoms with E-state index in [4.69, 9.17) is 6.42 Å². The maximum atomic E-state index is 6.86. The molecule has 1 rings (SSSR count). The van der Waals surface area contributed by atoms with Crippen molar-refractivity contribution in [2.75, 3.05) is 19.0 Å². The van der Waals surface area contributed by atoms with Crippen LogP contribution < -0.4 is 21.9 Å². The number of halogens is 1. The van der Waals surface area contributed by atoms with Crippen LogP contribution >= 0.6 is 0 Å². The van der Waals surface area contributed by atoms with Gasteiger partial charge in [0.25, 0.3) is 0 Å². The molecule has 0 radical (unpaired) electrons. The molecule has 1 aromatic rings. The summed E-state index contributed by atoms with van der Waals surface area (Å²) >= 11 is 0. The van der Waals surface area contributed by atoms with Crippen molar-refractivity contribution in [3.05, 3.63) is 36.3 Å². The Morgan fingerprint density at radius 2 is 1.62 bits per heavy atom. The molecule has 1 nitrogen and oxygen atoms in total. The van der Waals surface area contributed by atoms with Gasteiger partial charge < -0.3 is 28.3 Å². The summed E-state index contributed by atoms with van der Waals surface area (Å²) in [5, 5.41) is 0. The Balaban J connectivity index is 0. The van der Waals surface area contributed by atoms with Gasteiger partial charge >= 0.3 is 23.1 Å². The van der Waals surface area contributed by atoms with Gasteiger partial charge in [-0.3, -0.25) is 5.92 Å². The molecular formula is C10H10BrMgN. The molecule has 0 amide bonds. The minimum absolute atomic E-state index is 0. The standard InChI is InChI=1S/C10H10N.BrH.Mg/c1-4-9-5-7-10(8-6-9)11(2)3;;/h5-8H,2-3H3;1H;/q-1;;+2/p-1. The zero-order valence-corrected chi connectivity index (χ0v) is 10.8. The van der Waals surface area contributed by atoms with Crippen LogP contribution in [0.4, 0.5) is 5.69 Å². The van der Waals surface area contributed by atoms with Crippen molar-refractivity contribution in [1.82, 2.24) is 0 Å². The Bertz CT molecular complexity index is 274. The van der Waals surface area contributed by atoms with Crippen LogP contribution in [-0.4, -0.2) is 37.1 Å². The first-order chi connectivity index (χ1) is 5.24. The molecule has 0 atom stereocenters. The molecule has 0 aromatic heterocycles. The second kappa shape index (κ2) is 7.25. The minimum atomic E-state index is 0. The third-order valence-electron chi connectivity index (χ3n) is 1.53. The summed E-state index contributed by atoms with van der Waals surface area (Å²) in [6.45, 7) is 0. The molecule has 0 heterocycles. The molecule has 0 fully saturated rings. The molecular weight excluding hydrogens is 238 g/mol. The normalized spacial score (nSPS) is 7.46. The van der Waals surface area contributed by atoms with Crippen LogP contribution in [0.3, 0.4) is 0 Å². The molecule has 1 aromatic carbocycles. The van der Waals surface area contributed by atoms with E-state index in [1.165, 1.54) is 0 Å². The monoisotopic (exact) mass is 247 g/mol. The van der Waals surface area contributed by atoms with Crippen LogP contribution in [-0.2, 0) is 0 Å². The van der Waals surface area contributed by atoms with Crippen LogP contribution in [0.2, 0.25) is 0 Å². The molecule has 3 heteroatoms. The fourth-order valence-corrected chi connectivity index (χ4v) is 0.843. The van der Waals surface area contributed by atoms with Gasteiger partial charge in [0, 0.05) is 19.8 Å². The summed E-state index contributed by atoms with van der Waals surface area (Å²) in [4.78, 5) is 2.02. The van der Waals surface area contributed by atoms with Gasteiger partial charge in [0.05, 0.1) is 0 Å². The third-order valence-corrected chi connectivity index (χ3v) is 1.53. The Labute approximate surface area is 106 Å². The van der Waals surface area contributed by atoms with Crippen molar-refractivity contribution in [2.45, 2.75) is 0 Å². The first-order valence-electron chi connectivity index (χ1n) is 3.44. The van der Waals surface area contributed by atoms with Crippen LogP contribution in [0.15, 0.2) is 24.3 Å². The van der Waals surface area contributed by atoms with Gasteiger partial charge in [-0.25, -0.2) is 0 Å². The van der Waals surface area contributed by atoms with E-state index in [-0.39, 0.29) is 40.0 Å². The van der Waals surface area contributed by atoms with Crippen molar-refractivity contribution >= 4 is 28.7 Å². The van der Waals surface area contributed by atoms with Gasteiger partial charge in [0.1, 0.15) is 0 Å². The summed E-state index contributed by atoms with van der Waals surface area (Å²) in [5.41, 5.74) is 1.96. The molecule has 0 aliphatic rings. The maximum absolute atomic E-state index is 6.86. The van der Waals surface area contributed by atoms with E-state index in [0.717, 1.165) is 11.3 Å². The molecule has 0 aliphatic heterocycles. The zero-order chi connectivity index (χ0) is 8.27. The van der Waals surface area contributed by atoms with Crippen LogP contribution in [0.25, 0.3) is 0 Å². The zero-order valence-electron chi connectivity index (χ0n) is 7.84. The van der Waals surface area contributed by atoms with E-state index >= 15 is 0 Å². The topological polar surface area (TPSA) is 3.24 Å². The molecule has 0 spiro atoms. The largest absolute Gasteiger partial charge is 2.00 e. The predicted octanol–water partition coefficient (Wildman–Crippen LogP) is -1.69. The van der Waals surface area contributed by atoms with Gasteiger partial charge in [-0.05, 0) is 0 Å². The van der Waals surface area contributed by atoms with Gasteiger partial charge in [0.2, 0.25) is 0 Å². The Morgan fingerprint density at radius 1 is 1.15 bits per heavy atom. The first kappa shape index (κ1) is 15.3. The van der Waals surface area contributed by atoms with Crippen molar-refractivity contribution in [1.29, 1.82) is 0 Å². The van der Waals surface area contributed by atoms with Gasteiger partial charge in [-0.1, -0.05) is 12.1 Å². The molecule has 64 valence electrons. The van der Waals surface area contributed by atoms with E-state index in [1.807, 2.05) is 43.3 Å². The average molecular weight is 248 g/mol. The number of hydrogen-bond donors (Lipinski definition) is 0. The van der Waals surface area contributed by atoms with Crippen molar-refractivity contribution in [2.24, 2.45) is 0 Å². The van der Waals surface area contributed by atoms with E-state index in [2.05, 4.69) is 5.92 Å². The smallest absolute Gasteiger partial charge is 1.00 e. The Morgan fingerprint density at radius 3 is 1.92 bits per heavy atom. The summed E-state index contributed by atoms with van der Waals surface area (Å²) in [6.07, 6.45) is 6.86. The molecule has 0 aliphatic carbocycles. The van der Waals surface area contributed by atoms with Gasteiger partial charge in [0.15, 0.2) is 0 Å². The van der Waals surface area contributed by atoms with E-state index < -0.39 is 0 Å². The first-order valence-corrected chi connectivity index (χ1v) is 3.44. The third kappa shape index (κ3) is 4.56. The number of benzene rings is 1. The van der Waals surface area contributed by atoms with Crippen molar-refractivity contribution in [3.63, 3.8) is 0 Å². The van der Waals surface area contributed by atoms with E-state index in [0.29, 0.717) is 0 Å². The summed E-state index contributed by atoms with van der Waals surface area (Å²) in [6, 6.07) is 7.69. The summed E-state index contributed by atoms with van der Waals surface area (Å²) in [7, 11) is 3.98. The predicted molar refractivity (Wildman–Crippen MR) is 52.8 cm³/mol. The molecule has 0 bridgehead atoms. The van der Waals surface area contributed by atoms with E-state index in [1.54, 1.807) is 0 Å². The SMILES string of the molecule is [Br-].[C-]#Cc1ccc(N(C)C)cc1.[Mg+2]. The minimum Gasteiger partial charge on any atom is -1.00 e. The number of nitrogens with zero attached hydrogens (tertiary/aromatic N) is 1. The summed E-state index contributed by atoms with van der Waals surface area (Å²) in [5.74, 6) is 2.32. The fraction of sp³-hybridized carbons (Fsp3) is 0.200. The molecule has 0 unspecified atom stereocenters. The second-order valence-electron chi connectivity index (χ2n) is 2.57. The molecule has 0 saturated carbocycles. The van der Waals surface area contributed by atoms with Crippen LogP contribution in [0.1, 0.15) is 5.56 Å². The quantitative estimate of drug-likeness (QED) is 0.326. The van der Waals surface area contributed by atoms with Gasteiger partial charge in [-0.15, -0.1) is 17.7 Å². The number of hydrogen-bond acceptors (Lipinski definition) is 1. The molecule has 0 N–H and O–H groups in total. The number of anilines is 1. The van der Waals surface area contributed by atoms with Crippen molar-refractivity contribution in [3.8, 4) is 5.92 Å². The molecule has 0 saturated heterocycles. The number of rotatable bonds is 1. The molecule has 13 heavy (non-hydrogen) atoms. The fourth-order valence-electron chi connectivity index (χ4n) is 0.843. The van der Waals surface area contributed by atoms with Crippen LogP contribution in [0.5, 0.6) is 0 Å². The average Bonchev–Trinajstić information content (AvgIpc) is 2.05. The Hall–Kier alpha value is -0.174. The Kier molecular flexibility index (Phi) is 8.54. The van der Waals surface area contributed by atoms with Crippen LogP contribution in [0, 0.1) is 12.3 Å². The van der Waals surface area contributed by atoms with Gasteiger partial charge in [-0.2, -0.15) is 0 Å². The van der Waals surface area contributed by atoms with Crippen molar-refractivity contribution < 1.29 is 17.0 Å². The maximum Gasteiger partial charge on any atom is 2.00 e. The second-order valence-corrected chi connectivity index (χ2v) is 2.57.